The van der Waals surface area contributed by atoms with E-state index in [-0.39, 0.29) is 25.3 Å². The molecule has 4 rings (SSSR count). The summed E-state index contributed by atoms with van der Waals surface area (Å²) in [6, 6.07) is 17.7. The number of aryl methyl sites for hydroxylation is 1. The van der Waals surface area contributed by atoms with E-state index in [0.29, 0.717) is 5.56 Å². The van der Waals surface area contributed by atoms with Crippen LogP contribution in [0.2, 0.25) is 0 Å². The van der Waals surface area contributed by atoms with Crippen molar-refractivity contribution >= 4 is 13.6 Å². The summed E-state index contributed by atoms with van der Waals surface area (Å²) in [6.07, 6.45) is -1.84. The highest BCUT2D eigenvalue weighted by molar-refractivity contribution is 7.54. The Morgan fingerprint density at radius 1 is 1.05 bits per heavy atom. The van der Waals surface area contributed by atoms with Crippen LogP contribution in [0.15, 0.2) is 76.4 Å². The van der Waals surface area contributed by atoms with Crippen molar-refractivity contribution in [1.82, 2.24) is 9.13 Å². The first kappa shape index (κ1) is 30.6. The van der Waals surface area contributed by atoms with Crippen LogP contribution in [0.5, 0.6) is 0 Å². The molecule has 4 atom stereocenters. The van der Waals surface area contributed by atoms with E-state index >= 15 is 0 Å². The number of rotatable bonds is 12. The first-order valence-electron chi connectivity index (χ1n) is 12.9. The molecule has 1 fully saturated rings. The number of benzene rings is 2. The molecule has 0 saturated carbocycles. The van der Waals surface area contributed by atoms with Crippen LogP contribution >= 0.6 is 7.60 Å². The van der Waals surface area contributed by atoms with Crippen LogP contribution in [-0.4, -0.2) is 47.6 Å². The fourth-order valence-electron chi connectivity index (χ4n) is 4.34. The van der Waals surface area contributed by atoms with E-state index in [1.807, 2.05) is 30.3 Å². The van der Waals surface area contributed by atoms with Gasteiger partial charge in [-0.05, 0) is 31.5 Å². The average molecular weight is 589 g/mol. The average Bonchev–Trinajstić information content (AvgIpc) is 3.38. The van der Waals surface area contributed by atoms with Crippen molar-refractivity contribution in [2.75, 3.05) is 14.2 Å². The van der Waals surface area contributed by atoms with E-state index in [2.05, 4.69) is 0 Å². The summed E-state index contributed by atoms with van der Waals surface area (Å²) in [4.78, 5) is 39.1. The molecule has 1 aliphatic heterocycles. The molecule has 0 spiro atoms. The number of nitrogens with zero attached hydrogens (tertiary/aromatic N) is 2. The van der Waals surface area contributed by atoms with Crippen molar-refractivity contribution in [3.8, 4) is 0 Å². The molecule has 0 amide bonds. The predicted octanol–water partition coefficient (Wildman–Crippen LogP) is 3.81. The first-order valence-corrected chi connectivity index (χ1v) is 14.5. The molecule has 12 nitrogen and oxygen atoms in total. The van der Waals surface area contributed by atoms with Crippen LogP contribution in [0.3, 0.4) is 0 Å². The third-order valence-electron chi connectivity index (χ3n) is 6.59. The fourth-order valence-corrected chi connectivity index (χ4v) is 5.35. The molecule has 1 aromatic heterocycles. The highest BCUT2D eigenvalue weighted by Gasteiger charge is 2.44. The maximum Gasteiger partial charge on any atom is 0.358 e. The second kappa shape index (κ2) is 13.5. The molecule has 1 aliphatic rings. The van der Waals surface area contributed by atoms with Gasteiger partial charge in [-0.3, -0.25) is 13.9 Å². The Labute approximate surface area is 236 Å². The zero-order valence-electron chi connectivity index (χ0n) is 23.2. The second-order valence-corrected chi connectivity index (χ2v) is 11.9. The Balaban J connectivity index is 1.59. The Bertz CT molecular complexity index is 1480. The van der Waals surface area contributed by atoms with Gasteiger partial charge in [0.1, 0.15) is 13.0 Å². The maximum atomic E-state index is 13.4. The van der Waals surface area contributed by atoms with Gasteiger partial charge in [0, 0.05) is 32.4 Å². The summed E-state index contributed by atoms with van der Waals surface area (Å²) in [6.45, 7) is 2.96. The molecule has 0 bridgehead atoms. The Morgan fingerprint density at radius 3 is 2.32 bits per heavy atom. The van der Waals surface area contributed by atoms with Gasteiger partial charge in [-0.1, -0.05) is 48.5 Å². The lowest BCUT2D eigenvalue weighted by Gasteiger charge is -2.26. The van der Waals surface area contributed by atoms with E-state index in [9.17, 15) is 18.9 Å². The van der Waals surface area contributed by atoms with Crippen LogP contribution in [0.4, 0.5) is 0 Å². The van der Waals surface area contributed by atoms with Gasteiger partial charge in [0.2, 0.25) is 0 Å². The molecule has 41 heavy (non-hydrogen) atoms. The summed E-state index contributed by atoms with van der Waals surface area (Å²) >= 11 is 0. The SMILES string of the molecule is COP(=O)(OC)C(C)O[C@H]1O[C@@H](n2cc(C)c(=O)n(COCc3ccccc3)c2=O)C[C@@H]1OC(=O)c1ccccc1. The molecular weight excluding hydrogens is 555 g/mol. The lowest BCUT2D eigenvalue weighted by molar-refractivity contribution is -0.186. The molecule has 0 radical (unpaired) electrons. The van der Waals surface area contributed by atoms with Crippen LogP contribution < -0.4 is 11.2 Å². The van der Waals surface area contributed by atoms with Gasteiger partial charge in [0.25, 0.3) is 5.56 Å². The highest BCUT2D eigenvalue weighted by atomic mass is 31.2. The molecule has 1 saturated heterocycles. The molecular formula is C28H33N2O10P. The topological polar surface area (TPSA) is 134 Å². The van der Waals surface area contributed by atoms with Gasteiger partial charge in [-0.15, -0.1) is 0 Å². The van der Waals surface area contributed by atoms with E-state index in [0.717, 1.165) is 10.1 Å². The molecule has 2 aromatic carbocycles. The minimum absolute atomic E-state index is 0.00263. The monoisotopic (exact) mass is 588 g/mol. The summed E-state index contributed by atoms with van der Waals surface area (Å²) in [5, 5.41) is 0. The summed E-state index contributed by atoms with van der Waals surface area (Å²) in [5.74, 6) is -1.73. The van der Waals surface area contributed by atoms with E-state index in [1.54, 1.807) is 37.3 Å². The van der Waals surface area contributed by atoms with E-state index < -0.39 is 49.3 Å². The van der Waals surface area contributed by atoms with Crippen molar-refractivity contribution in [3.63, 3.8) is 0 Å². The highest BCUT2D eigenvalue weighted by Crippen LogP contribution is 2.52. The van der Waals surface area contributed by atoms with Crippen LogP contribution in [0.25, 0.3) is 0 Å². The lowest BCUT2D eigenvalue weighted by atomic mass is 10.2. The van der Waals surface area contributed by atoms with Crippen LogP contribution in [-0.2, 0) is 45.9 Å². The smallest absolute Gasteiger partial charge is 0.358 e. The third kappa shape index (κ3) is 7.10. The number of hydrogen-bond donors (Lipinski definition) is 0. The van der Waals surface area contributed by atoms with E-state index in [4.69, 9.17) is 28.0 Å². The fraction of sp³-hybridized carbons (Fsp3) is 0.393. The van der Waals surface area contributed by atoms with Crippen molar-refractivity contribution < 1.29 is 37.4 Å². The van der Waals surface area contributed by atoms with Crippen molar-refractivity contribution in [2.24, 2.45) is 0 Å². The van der Waals surface area contributed by atoms with E-state index in [1.165, 1.54) is 31.9 Å². The molecule has 13 heteroatoms. The zero-order chi connectivity index (χ0) is 29.6. The molecule has 0 N–H and O–H groups in total. The molecule has 3 aromatic rings. The lowest BCUT2D eigenvalue weighted by Crippen LogP contribution is -2.42. The largest absolute Gasteiger partial charge is 0.453 e. The van der Waals surface area contributed by atoms with Crippen molar-refractivity contribution in [1.29, 1.82) is 0 Å². The summed E-state index contributed by atoms with van der Waals surface area (Å²) in [5.41, 5.74) is 0.274. The normalized spacial score (nSPS) is 19.7. The number of ether oxygens (including phenoxy) is 4. The van der Waals surface area contributed by atoms with Gasteiger partial charge in [0.05, 0.1) is 12.2 Å². The molecule has 1 unspecified atom stereocenters. The standard InChI is InChI=1S/C28H33N2O10P/c1-19-16-29(28(33)30(25(19)31)18-37-17-21-11-7-5-8-12-21)24-15-23(39-26(32)22-13-9-6-10-14-22)27(40-24)38-20(2)41(34,35-3)36-4/h5-14,16,20,23-24,27H,15,17-18H2,1-4H3/t20?,23-,24+,27-/m0/s1. The zero-order valence-corrected chi connectivity index (χ0v) is 24.1. The summed E-state index contributed by atoms with van der Waals surface area (Å²) < 4.78 is 48.4. The number of esters is 1. The molecule has 2 heterocycles. The first-order chi connectivity index (χ1) is 19.7. The van der Waals surface area contributed by atoms with Gasteiger partial charge in [-0.2, -0.15) is 0 Å². The van der Waals surface area contributed by atoms with Crippen LogP contribution in [0.1, 0.15) is 41.1 Å². The quantitative estimate of drug-likeness (QED) is 0.227. The van der Waals surface area contributed by atoms with Gasteiger partial charge < -0.3 is 28.0 Å². The molecule has 220 valence electrons. The number of carbonyl (C=O) groups excluding carboxylic acids is 1. The molecule has 0 aliphatic carbocycles. The third-order valence-corrected chi connectivity index (χ3v) is 8.62. The Morgan fingerprint density at radius 2 is 1.68 bits per heavy atom. The number of carbonyl (C=O) groups is 1. The number of hydrogen-bond acceptors (Lipinski definition) is 10. The maximum absolute atomic E-state index is 13.4. The van der Waals surface area contributed by atoms with Gasteiger partial charge in [0.15, 0.2) is 18.2 Å². The van der Waals surface area contributed by atoms with Gasteiger partial charge >= 0.3 is 19.3 Å². The van der Waals surface area contributed by atoms with Gasteiger partial charge in [-0.25, -0.2) is 14.2 Å². The number of aromatic nitrogens is 2. The minimum atomic E-state index is -3.68. The summed E-state index contributed by atoms with van der Waals surface area (Å²) in [7, 11) is -1.23. The predicted molar refractivity (Wildman–Crippen MR) is 147 cm³/mol. The minimum Gasteiger partial charge on any atom is -0.453 e. The Hall–Kier alpha value is -3.38. The van der Waals surface area contributed by atoms with Crippen molar-refractivity contribution in [3.05, 3.63) is 104 Å². The van der Waals surface area contributed by atoms with Crippen LogP contribution in [0, 0.1) is 6.92 Å². The Kier molecular flexibility index (Phi) is 10.1. The second-order valence-electron chi connectivity index (χ2n) is 9.34. The van der Waals surface area contributed by atoms with Crippen molar-refractivity contribution in [2.45, 2.75) is 58.1 Å².